The van der Waals surface area contributed by atoms with E-state index in [9.17, 15) is 30.6 Å². The van der Waals surface area contributed by atoms with E-state index in [4.69, 9.17) is 0 Å². The monoisotopic (exact) mass is 412 g/mol. The molecule has 6 nitrogen and oxygen atoms in total. The molecule has 0 aromatic carbocycles. The van der Waals surface area contributed by atoms with Crippen molar-refractivity contribution in [3.05, 3.63) is 0 Å². The molecule has 4 aliphatic carbocycles. The zero-order valence-corrected chi connectivity index (χ0v) is 17.9. The van der Waals surface area contributed by atoms with Crippen molar-refractivity contribution in [3.8, 4) is 0 Å². The average molecular weight is 413 g/mol. The van der Waals surface area contributed by atoms with Gasteiger partial charge in [-0.15, -0.1) is 0 Å². The van der Waals surface area contributed by atoms with Crippen LogP contribution in [0.4, 0.5) is 0 Å². The van der Waals surface area contributed by atoms with Crippen molar-refractivity contribution in [1.29, 1.82) is 0 Å². The molecule has 0 aromatic heterocycles. The fraction of sp³-hybridized carbons (Fsp3) is 1.00. The van der Waals surface area contributed by atoms with Crippen molar-refractivity contribution in [2.75, 3.05) is 19.8 Å². The Hall–Kier alpha value is -0.240. The third kappa shape index (κ3) is 2.69. The molecule has 2 bridgehead atoms. The van der Waals surface area contributed by atoms with Gasteiger partial charge in [0.1, 0.15) is 17.8 Å². The van der Waals surface area contributed by atoms with E-state index in [0.29, 0.717) is 11.8 Å². The molecule has 168 valence electrons. The van der Waals surface area contributed by atoms with Gasteiger partial charge in [-0.2, -0.15) is 0 Å². The lowest BCUT2D eigenvalue weighted by atomic mass is 9.40. The summed E-state index contributed by atoms with van der Waals surface area (Å²) in [4.78, 5) is 0. The molecule has 0 aliphatic heterocycles. The van der Waals surface area contributed by atoms with E-state index in [0.717, 1.165) is 51.4 Å². The molecule has 1 spiro atoms. The Morgan fingerprint density at radius 3 is 2.28 bits per heavy atom. The topological polar surface area (TPSA) is 121 Å². The minimum atomic E-state index is -1.58. The largest absolute Gasteiger partial charge is 0.396 e. The normalized spacial score (nSPS) is 53.8. The van der Waals surface area contributed by atoms with Gasteiger partial charge in [0.25, 0.3) is 0 Å². The summed E-state index contributed by atoms with van der Waals surface area (Å²) >= 11 is 0. The third-order valence-corrected chi connectivity index (χ3v) is 10.4. The second-order valence-electron chi connectivity index (χ2n) is 11.3. The molecule has 6 N–H and O–H groups in total. The van der Waals surface area contributed by atoms with E-state index in [1.54, 1.807) is 0 Å². The van der Waals surface area contributed by atoms with Crippen LogP contribution in [0.25, 0.3) is 0 Å². The minimum Gasteiger partial charge on any atom is -0.396 e. The average Bonchev–Trinajstić information content (AvgIpc) is 2.89. The van der Waals surface area contributed by atoms with Gasteiger partial charge in [0.2, 0.25) is 0 Å². The molecule has 0 heterocycles. The summed E-state index contributed by atoms with van der Waals surface area (Å²) in [6.07, 6.45) is 4.64. The Balaban J connectivity index is 1.75. The molecule has 29 heavy (non-hydrogen) atoms. The standard InChI is InChI=1S/C23H40O6/c1-20(13-26)7-3-8-21(2)16(20)6-9-22-10-14(4-5-17(21)22)23(29,18(22)12-25)19(28)15(27)11-24/h14-19,24-29H,3-13H2,1-2H3/t14-,15-,16-,17+,18+,19-,20+,21-,22-,23-/m1/s1. The number of aliphatic hydroxyl groups is 6. The Kier molecular flexibility index (Phi) is 5.41. The van der Waals surface area contributed by atoms with Crippen LogP contribution in [0, 0.1) is 39.9 Å². The molecule has 0 amide bonds. The SMILES string of the molecule is C[C@@]1(CO)CCC[C@]2(C)[C@@H]1CC[C@@]13C[C@@H](CC[C@@H]21)[C@](O)([C@H](O)[C@H](O)CO)[C@H]3CO. The van der Waals surface area contributed by atoms with Gasteiger partial charge in [0, 0.05) is 19.1 Å². The van der Waals surface area contributed by atoms with Crippen molar-refractivity contribution >= 4 is 0 Å². The molecule has 0 aromatic rings. The minimum absolute atomic E-state index is 0.0398. The number of rotatable bonds is 5. The third-order valence-electron chi connectivity index (χ3n) is 10.4. The lowest BCUT2D eigenvalue weighted by Gasteiger charge is -2.65. The lowest BCUT2D eigenvalue weighted by Crippen LogP contribution is -2.61. The Morgan fingerprint density at radius 2 is 1.66 bits per heavy atom. The van der Waals surface area contributed by atoms with Crippen LogP contribution < -0.4 is 0 Å². The molecule has 6 heteroatoms. The molecular formula is C23H40O6. The Bertz CT molecular complexity index is 628. The molecule has 0 saturated heterocycles. The van der Waals surface area contributed by atoms with Crippen LogP contribution in [-0.4, -0.2) is 68.3 Å². The highest BCUT2D eigenvalue weighted by atomic mass is 16.4. The van der Waals surface area contributed by atoms with Crippen molar-refractivity contribution < 1.29 is 30.6 Å². The molecule has 4 fully saturated rings. The summed E-state index contributed by atoms with van der Waals surface area (Å²) < 4.78 is 0. The van der Waals surface area contributed by atoms with Crippen LogP contribution >= 0.6 is 0 Å². The quantitative estimate of drug-likeness (QED) is 0.402. The first-order valence-corrected chi connectivity index (χ1v) is 11.5. The summed E-state index contributed by atoms with van der Waals surface area (Å²) in [6.45, 7) is 3.94. The second kappa shape index (κ2) is 7.14. The van der Waals surface area contributed by atoms with E-state index >= 15 is 0 Å². The maximum absolute atomic E-state index is 11.7. The Morgan fingerprint density at radius 1 is 0.931 bits per heavy atom. The molecule has 4 saturated carbocycles. The summed E-state index contributed by atoms with van der Waals surface area (Å²) in [6, 6.07) is 0. The molecule has 4 aliphatic rings. The van der Waals surface area contributed by atoms with Gasteiger partial charge in [0.15, 0.2) is 0 Å². The first-order valence-electron chi connectivity index (χ1n) is 11.5. The van der Waals surface area contributed by atoms with E-state index in [1.165, 1.54) is 0 Å². The number of hydrogen-bond donors (Lipinski definition) is 6. The van der Waals surface area contributed by atoms with Crippen LogP contribution in [-0.2, 0) is 0 Å². The fourth-order valence-corrected chi connectivity index (χ4v) is 9.22. The number of hydrogen-bond acceptors (Lipinski definition) is 6. The molecule has 4 rings (SSSR count). The predicted octanol–water partition coefficient (Wildman–Crippen LogP) is 1.06. The Labute approximate surface area is 174 Å². The zero-order valence-electron chi connectivity index (χ0n) is 17.9. The van der Waals surface area contributed by atoms with Crippen LogP contribution in [0.1, 0.15) is 65.2 Å². The molecule has 10 atom stereocenters. The molecule has 0 unspecified atom stereocenters. The van der Waals surface area contributed by atoms with Gasteiger partial charge in [-0.3, -0.25) is 0 Å². The van der Waals surface area contributed by atoms with Crippen LogP contribution in [0.2, 0.25) is 0 Å². The van der Waals surface area contributed by atoms with Gasteiger partial charge in [-0.25, -0.2) is 0 Å². The van der Waals surface area contributed by atoms with E-state index < -0.39 is 30.3 Å². The van der Waals surface area contributed by atoms with Gasteiger partial charge in [-0.05, 0) is 78.9 Å². The van der Waals surface area contributed by atoms with Crippen molar-refractivity contribution in [2.45, 2.75) is 83.0 Å². The van der Waals surface area contributed by atoms with Gasteiger partial charge < -0.3 is 30.6 Å². The van der Waals surface area contributed by atoms with Crippen LogP contribution in [0.5, 0.6) is 0 Å². The summed E-state index contributed by atoms with van der Waals surface area (Å²) in [5.74, 6) is 0.0478. The summed E-state index contributed by atoms with van der Waals surface area (Å²) in [5, 5.41) is 62.8. The zero-order chi connectivity index (χ0) is 21.2. The maximum Gasteiger partial charge on any atom is 0.111 e. The van der Waals surface area contributed by atoms with E-state index in [2.05, 4.69) is 13.8 Å². The molecular weight excluding hydrogens is 372 g/mol. The first-order chi connectivity index (χ1) is 13.6. The highest BCUT2D eigenvalue weighted by Crippen LogP contribution is 2.74. The smallest absolute Gasteiger partial charge is 0.111 e. The lowest BCUT2D eigenvalue weighted by molar-refractivity contribution is -0.202. The highest BCUT2D eigenvalue weighted by molar-refractivity contribution is 5.22. The molecule has 0 radical (unpaired) electrons. The first kappa shape index (κ1) is 22.0. The van der Waals surface area contributed by atoms with Crippen LogP contribution in [0.15, 0.2) is 0 Å². The summed E-state index contributed by atoms with van der Waals surface area (Å²) in [7, 11) is 0. The summed E-state index contributed by atoms with van der Waals surface area (Å²) in [5.41, 5.74) is -1.88. The highest BCUT2D eigenvalue weighted by Gasteiger charge is 2.73. The number of fused-ring (bicyclic) bond motifs is 3. The van der Waals surface area contributed by atoms with E-state index in [1.807, 2.05) is 0 Å². The second-order valence-corrected chi connectivity index (χ2v) is 11.3. The van der Waals surface area contributed by atoms with Gasteiger partial charge in [-0.1, -0.05) is 20.3 Å². The van der Waals surface area contributed by atoms with Gasteiger partial charge >= 0.3 is 0 Å². The van der Waals surface area contributed by atoms with Crippen molar-refractivity contribution in [1.82, 2.24) is 0 Å². The van der Waals surface area contributed by atoms with Gasteiger partial charge in [0.05, 0.1) is 6.61 Å². The van der Waals surface area contributed by atoms with Crippen LogP contribution in [0.3, 0.4) is 0 Å². The predicted molar refractivity (Wildman–Crippen MR) is 108 cm³/mol. The fourth-order valence-electron chi connectivity index (χ4n) is 9.22. The van der Waals surface area contributed by atoms with Crippen molar-refractivity contribution in [3.63, 3.8) is 0 Å². The van der Waals surface area contributed by atoms with Crippen molar-refractivity contribution in [2.24, 2.45) is 39.9 Å². The van der Waals surface area contributed by atoms with E-state index in [-0.39, 0.29) is 35.4 Å². The number of aliphatic hydroxyl groups excluding tert-OH is 5. The maximum atomic E-state index is 11.7.